The Morgan fingerprint density at radius 3 is 2.54 bits per heavy atom. The lowest BCUT2D eigenvalue weighted by atomic mass is 9.88. The highest BCUT2D eigenvalue weighted by molar-refractivity contribution is 8.00. The minimum Gasteiger partial charge on any atom is -0.326 e. The number of anilines is 2. The second-order valence-corrected chi connectivity index (χ2v) is 8.37. The summed E-state index contributed by atoms with van der Waals surface area (Å²) in [6, 6.07) is 11.3. The molecule has 0 spiro atoms. The third-order valence-corrected chi connectivity index (χ3v) is 6.32. The van der Waals surface area contributed by atoms with Gasteiger partial charge in [-0.2, -0.15) is 0 Å². The molecule has 0 saturated heterocycles. The number of hydrogen-bond donors (Lipinski definition) is 2. The molecule has 148 valence electrons. The number of thioether (sulfide) groups is 1. The molecule has 1 aliphatic carbocycles. The number of aromatic nitrogens is 1. The lowest BCUT2D eigenvalue weighted by molar-refractivity contribution is -0.120. The molecule has 28 heavy (non-hydrogen) atoms. The van der Waals surface area contributed by atoms with Crippen molar-refractivity contribution in [1.82, 2.24) is 4.98 Å². The van der Waals surface area contributed by atoms with Gasteiger partial charge in [-0.15, -0.1) is 11.8 Å². The zero-order valence-corrected chi connectivity index (χ0v) is 17.0. The molecule has 1 aliphatic rings. The van der Waals surface area contributed by atoms with Crippen LogP contribution in [0, 0.1) is 5.92 Å². The van der Waals surface area contributed by atoms with Gasteiger partial charge in [0.2, 0.25) is 11.8 Å². The van der Waals surface area contributed by atoms with Crippen LogP contribution >= 0.6 is 11.8 Å². The van der Waals surface area contributed by atoms with E-state index in [2.05, 4.69) is 15.6 Å². The summed E-state index contributed by atoms with van der Waals surface area (Å²) in [5, 5.41) is 5.78. The Balaban J connectivity index is 1.60. The minimum absolute atomic E-state index is 0.0321. The number of carbonyl (C=O) groups is 2. The number of hydrogen-bond acceptors (Lipinski definition) is 4. The maximum Gasteiger partial charge on any atom is 0.237 e. The van der Waals surface area contributed by atoms with E-state index >= 15 is 0 Å². The predicted molar refractivity (Wildman–Crippen MR) is 114 cm³/mol. The molecule has 1 fully saturated rings. The van der Waals surface area contributed by atoms with Gasteiger partial charge in [-0.25, -0.2) is 0 Å². The smallest absolute Gasteiger partial charge is 0.237 e. The number of rotatable bonds is 7. The molecule has 5 nitrogen and oxygen atoms in total. The van der Waals surface area contributed by atoms with Gasteiger partial charge in [0.1, 0.15) is 0 Å². The van der Waals surface area contributed by atoms with Crippen LogP contribution in [0.15, 0.2) is 53.7 Å². The van der Waals surface area contributed by atoms with E-state index in [-0.39, 0.29) is 23.0 Å². The number of amides is 2. The van der Waals surface area contributed by atoms with Crippen LogP contribution in [0.25, 0.3) is 0 Å². The molecule has 3 rings (SSSR count). The van der Waals surface area contributed by atoms with Crippen LogP contribution in [0.4, 0.5) is 11.4 Å². The highest BCUT2D eigenvalue weighted by Crippen LogP contribution is 2.30. The molecule has 2 aromatic rings. The third-order valence-electron chi connectivity index (χ3n) is 4.97. The number of carbonyl (C=O) groups excluding carboxylic acids is 2. The molecule has 1 saturated carbocycles. The van der Waals surface area contributed by atoms with Gasteiger partial charge in [0.25, 0.3) is 0 Å². The summed E-state index contributed by atoms with van der Waals surface area (Å²) in [6.45, 7) is 2.00. The Bertz CT molecular complexity index is 791. The van der Waals surface area contributed by atoms with Crippen molar-refractivity contribution in [3.05, 3.63) is 48.8 Å². The minimum atomic E-state index is -0.211. The summed E-state index contributed by atoms with van der Waals surface area (Å²) in [7, 11) is 0. The number of pyridine rings is 1. The summed E-state index contributed by atoms with van der Waals surface area (Å²) in [6.07, 6.45) is 9.48. The van der Waals surface area contributed by atoms with Crippen molar-refractivity contribution in [3.8, 4) is 0 Å². The van der Waals surface area contributed by atoms with E-state index in [9.17, 15) is 9.59 Å². The highest BCUT2D eigenvalue weighted by Gasteiger charge is 2.22. The first-order chi connectivity index (χ1) is 13.7. The predicted octanol–water partition coefficient (Wildman–Crippen LogP) is 5.11. The van der Waals surface area contributed by atoms with Crippen LogP contribution in [-0.4, -0.2) is 22.0 Å². The average Bonchev–Trinajstić information content (AvgIpc) is 2.73. The molecule has 1 heterocycles. The fourth-order valence-electron chi connectivity index (χ4n) is 3.40. The molecule has 2 amide bonds. The van der Waals surface area contributed by atoms with Crippen molar-refractivity contribution in [2.24, 2.45) is 5.92 Å². The van der Waals surface area contributed by atoms with Crippen LogP contribution in [0.1, 0.15) is 45.4 Å². The molecule has 1 aromatic heterocycles. The Morgan fingerprint density at radius 2 is 1.82 bits per heavy atom. The van der Waals surface area contributed by atoms with Crippen molar-refractivity contribution >= 4 is 35.0 Å². The van der Waals surface area contributed by atoms with Crippen LogP contribution in [0.2, 0.25) is 0 Å². The molecular weight excluding hydrogens is 370 g/mol. The van der Waals surface area contributed by atoms with E-state index in [0.29, 0.717) is 6.42 Å². The summed E-state index contributed by atoms with van der Waals surface area (Å²) in [5.41, 5.74) is 1.54. The SMILES string of the molecule is CCC(Sc1cccc(NC(=O)C2CCCCC2)c1)C(=O)Nc1ccncc1. The molecule has 0 radical (unpaired) electrons. The molecule has 0 aliphatic heterocycles. The maximum absolute atomic E-state index is 12.6. The number of nitrogens with one attached hydrogen (secondary N) is 2. The van der Waals surface area contributed by atoms with E-state index in [0.717, 1.165) is 42.0 Å². The van der Waals surface area contributed by atoms with E-state index in [4.69, 9.17) is 0 Å². The van der Waals surface area contributed by atoms with Crippen molar-refractivity contribution in [2.45, 2.75) is 55.6 Å². The normalized spacial score (nSPS) is 15.6. The molecule has 6 heteroatoms. The lowest BCUT2D eigenvalue weighted by Gasteiger charge is -2.21. The van der Waals surface area contributed by atoms with E-state index < -0.39 is 0 Å². The number of nitrogens with zero attached hydrogens (tertiary/aromatic N) is 1. The molecule has 0 bridgehead atoms. The van der Waals surface area contributed by atoms with Gasteiger partial charge in [0.05, 0.1) is 5.25 Å². The van der Waals surface area contributed by atoms with Crippen LogP contribution in [-0.2, 0) is 9.59 Å². The summed E-state index contributed by atoms with van der Waals surface area (Å²) >= 11 is 1.51. The first-order valence-corrected chi connectivity index (χ1v) is 10.8. The molecular formula is C22H27N3O2S. The average molecular weight is 398 g/mol. The van der Waals surface area contributed by atoms with Crippen molar-refractivity contribution in [2.75, 3.05) is 10.6 Å². The Labute approximate surface area is 170 Å². The molecule has 2 N–H and O–H groups in total. The summed E-state index contributed by atoms with van der Waals surface area (Å²) < 4.78 is 0. The van der Waals surface area contributed by atoms with Gasteiger partial charge in [-0.05, 0) is 49.6 Å². The van der Waals surface area contributed by atoms with Crippen LogP contribution < -0.4 is 10.6 Å². The van der Waals surface area contributed by atoms with Crippen LogP contribution in [0.3, 0.4) is 0 Å². The zero-order chi connectivity index (χ0) is 19.8. The Morgan fingerprint density at radius 1 is 1.07 bits per heavy atom. The van der Waals surface area contributed by atoms with Gasteiger partial charge in [0.15, 0.2) is 0 Å². The molecule has 1 atom stereocenters. The lowest BCUT2D eigenvalue weighted by Crippen LogP contribution is -2.25. The van der Waals surface area contributed by atoms with Gasteiger partial charge < -0.3 is 10.6 Å². The second kappa shape index (κ2) is 10.3. The molecule has 1 unspecified atom stereocenters. The van der Waals surface area contributed by atoms with E-state index in [1.54, 1.807) is 24.5 Å². The van der Waals surface area contributed by atoms with Crippen molar-refractivity contribution < 1.29 is 9.59 Å². The molecule has 1 aromatic carbocycles. The van der Waals surface area contributed by atoms with Crippen LogP contribution in [0.5, 0.6) is 0 Å². The summed E-state index contributed by atoms with van der Waals surface area (Å²) in [4.78, 5) is 30.0. The maximum atomic E-state index is 12.6. The largest absolute Gasteiger partial charge is 0.326 e. The summed E-state index contributed by atoms with van der Waals surface area (Å²) in [5.74, 6) is 0.208. The second-order valence-electron chi connectivity index (χ2n) is 7.09. The Hall–Kier alpha value is -2.34. The zero-order valence-electron chi connectivity index (χ0n) is 16.2. The first-order valence-electron chi connectivity index (χ1n) is 9.94. The van der Waals surface area contributed by atoms with E-state index in [1.807, 2.05) is 31.2 Å². The van der Waals surface area contributed by atoms with Gasteiger partial charge in [-0.3, -0.25) is 14.6 Å². The first kappa shape index (κ1) is 20.4. The standard InChI is InChI=1S/C22H27N3O2S/c1-2-20(22(27)24-17-11-13-23-14-12-17)28-19-10-6-9-18(15-19)25-21(26)16-7-4-3-5-8-16/h6,9-16,20H,2-5,7-8H2,1H3,(H,25,26)(H,23,24,27). The van der Waals surface area contributed by atoms with Crippen molar-refractivity contribution in [3.63, 3.8) is 0 Å². The fourth-order valence-corrected chi connectivity index (χ4v) is 4.41. The monoisotopic (exact) mass is 397 g/mol. The third kappa shape index (κ3) is 5.83. The quantitative estimate of drug-likeness (QED) is 0.637. The Kier molecular flexibility index (Phi) is 7.48. The van der Waals surface area contributed by atoms with Crippen molar-refractivity contribution in [1.29, 1.82) is 0 Å². The van der Waals surface area contributed by atoms with Gasteiger partial charge >= 0.3 is 0 Å². The fraction of sp³-hybridized carbons (Fsp3) is 0.409. The van der Waals surface area contributed by atoms with E-state index in [1.165, 1.54) is 18.2 Å². The highest BCUT2D eigenvalue weighted by atomic mass is 32.2. The number of benzene rings is 1. The van der Waals surface area contributed by atoms with Gasteiger partial charge in [-0.1, -0.05) is 32.3 Å². The van der Waals surface area contributed by atoms with Gasteiger partial charge in [0, 0.05) is 34.6 Å². The topological polar surface area (TPSA) is 71.1 Å².